The number of imidazole rings is 1. The number of aryl methyl sites for hydroxylation is 1. The van der Waals surface area contributed by atoms with Crippen LogP contribution in [0.4, 0.5) is 0 Å². The smallest absolute Gasteiger partial charge is 0.115 e. The summed E-state index contributed by atoms with van der Waals surface area (Å²) < 4.78 is 2.07. The zero-order valence-corrected chi connectivity index (χ0v) is 6.48. The Bertz CT molecular complexity index is 183. The molecule has 1 rings (SSSR count). The molecule has 2 nitrogen and oxygen atoms in total. The number of aromatic nitrogens is 2. The Morgan fingerprint density at radius 2 is 2.56 bits per heavy atom. The van der Waals surface area contributed by atoms with Crippen LogP contribution >= 0.6 is 11.9 Å². The van der Waals surface area contributed by atoms with Crippen molar-refractivity contribution in [2.24, 2.45) is 0 Å². The van der Waals surface area contributed by atoms with Gasteiger partial charge in [0.2, 0.25) is 0 Å². The van der Waals surface area contributed by atoms with E-state index in [1.165, 1.54) is 0 Å². The molecular weight excluding hydrogens is 132 g/mol. The summed E-state index contributed by atoms with van der Waals surface area (Å²) in [6, 6.07) is 0. The highest BCUT2D eigenvalue weighted by Gasteiger charge is 1.92. The molecule has 0 amide bonds. The maximum atomic E-state index is 4.08. The van der Waals surface area contributed by atoms with Gasteiger partial charge in [0.1, 0.15) is 5.82 Å². The Balaban J connectivity index is 2.69. The van der Waals surface area contributed by atoms with E-state index in [0.717, 1.165) is 11.6 Å². The van der Waals surface area contributed by atoms with Gasteiger partial charge in [-0.1, -0.05) is 6.92 Å². The van der Waals surface area contributed by atoms with E-state index in [1.807, 2.05) is 19.3 Å². The molecule has 3 heteroatoms. The van der Waals surface area contributed by atoms with Crippen molar-refractivity contribution in [1.29, 1.82) is 0 Å². The molecule has 1 heterocycles. The Hall–Kier alpha value is -0.440. The molecule has 0 aromatic carbocycles. The first kappa shape index (κ1) is 6.68. The molecule has 0 saturated heterocycles. The van der Waals surface area contributed by atoms with Gasteiger partial charge in [-0.25, -0.2) is 4.98 Å². The molecule has 0 aliphatic rings. The average Bonchev–Trinajstić information content (AvgIpc) is 2.18. The fourth-order valence-electron chi connectivity index (χ4n) is 0.642. The molecule has 0 N–H and O–H groups in total. The molecule has 1 aromatic rings. The highest BCUT2D eigenvalue weighted by Crippen LogP contribution is 2.06. The van der Waals surface area contributed by atoms with Gasteiger partial charge in [-0.3, -0.25) is 3.97 Å². The summed E-state index contributed by atoms with van der Waals surface area (Å²) in [4.78, 5) is 4.08. The summed E-state index contributed by atoms with van der Waals surface area (Å²) in [6.07, 6.45) is 3.79. The topological polar surface area (TPSA) is 17.8 Å². The van der Waals surface area contributed by atoms with Gasteiger partial charge < -0.3 is 0 Å². The second kappa shape index (κ2) is 2.92. The molecule has 0 atom stereocenters. The summed E-state index contributed by atoms with van der Waals surface area (Å²) in [5, 5.41) is 0. The van der Waals surface area contributed by atoms with Crippen molar-refractivity contribution >= 4 is 11.9 Å². The lowest BCUT2D eigenvalue weighted by molar-refractivity contribution is 1.09. The van der Waals surface area contributed by atoms with Gasteiger partial charge >= 0.3 is 0 Å². The van der Waals surface area contributed by atoms with E-state index in [0.29, 0.717) is 0 Å². The van der Waals surface area contributed by atoms with Crippen LogP contribution in [0.3, 0.4) is 0 Å². The minimum Gasteiger partial charge on any atom is -0.278 e. The predicted octanol–water partition coefficient (Wildman–Crippen LogP) is 1.71. The van der Waals surface area contributed by atoms with Crippen LogP contribution in [0, 0.1) is 6.92 Å². The van der Waals surface area contributed by atoms with Crippen LogP contribution in [-0.2, 0) is 0 Å². The zero-order chi connectivity index (χ0) is 6.69. The monoisotopic (exact) mass is 142 g/mol. The maximum Gasteiger partial charge on any atom is 0.115 e. The standard InChI is InChI=1S/C6H10N2S/c1-3-9-8-5-4-7-6(8)2/h4-5H,3H2,1-2H3. The van der Waals surface area contributed by atoms with E-state index in [-0.39, 0.29) is 0 Å². The summed E-state index contributed by atoms with van der Waals surface area (Å²) in [7, 11) is 0. The first-order chi connectivity index (χ1) is 4.34. The molecular formula is C6H10N2S. The van der Waals surface area contributed by atoms with Crippen molar-refractivity contribution in [1.82, 2.24) is 8.96 Å². The van der Waals surface area contributed by atoms with Crippen LogP contribution in [0.2, 0.25) is 0 Å². The van der Waals surface area contributed by atoms with Crippen molar-refractivity contribution < 1.29 is 0 Å². The van der Waals surface area contributed by atoms with Crippen LogP contribution < -0.4 is 0 Å². The minimum atomic E-state index is 1.07. The molecule has 9 heavy (non-hydrogen) atoms. The van der Waals surface area contributed by atoms with Gasteiger partial charge in [-0.05, 0) is 18.9 Å². The minimum absolute atomic E-state index is 1.07. The second-order valence-corrected chi connectivity index (χ2v) is 2.95. The highest BCUT2D eigenvalue weighted by atomic mass is 32.2. The SMILES string of the molecule is CCSn1ccnc1C. The van der Waals surface area contributed by atoms with E-state index in [4.69, 9.17) is 0 Å². The van der Waals surface area contributed by atoms with E-state index in [1.54, 1.807) is 11.9 Å². The van der Waals surface area contributed by atoms with Gasteiger partial charge in [0.05, 0.1) is 0 Å². The molecule has 0 aliphatic carbocycles. The quantitative estimate of drug-likeness (QED) is 0.625. The van der Waals surface area contributed by atoms with Crippen molar-refractivity contribution in [3.63, 3.8) is 0 Å². The number of hydrogen-bond acceptors (Lipinski definition) is 2. The maximum absolute atomic E-state index is 4.08. The zero-order valence-electron chi connectivity index (χ0n) is 5.66. The molecule has 0 aliphatic heterocycles. The van der Waals surface area contributed by atoms with E-state index >= 15 is 0 Å². The Morgan fingerprint density at radius 1 is 1.78 bits per heavy atom. The average molecular weight is 142 g/mol. The normalized spacial score (nSPS) is 10.0. The van der Waals surface area contributed by atoms with Gasteiger partial charge in [0, 0.05) is 18.1 Å². The fraction of sp³-hybridized carbons (Fsp3) is 0.500. The Morgan fingerprint density at radius 3 is 3.00 bits per heavy atom. The fourth-order valence-corrected chi connectivity index (χ4v) is 1.29. The lowest BCUT2D eigenvalue weighted by Gasteiger charge is -1.97. The summed E-state index contributed by atoms with van der Waals surface area (Å²) in [6.45, 7) is 4.13. The molecule has 0 radical (unpaired) electrons. The molecule has 0 fully saturated rings. The Kier molecular flexibility index (Phi) is 2.16. The third kappa shape index (κ3) is 1.48. The summed E-state index contributed by atoms with van der Waals surface area (Å²) in [5.41, 5.74) is 0. The molecule has 0 bridgehead atoms. The predicted molar refractivity (Wildman–Crippen MR) is 40.5 cm³/mol. The first-order valence-corrected chi connectivity index (χ1v) is 3.92. The van der Waals surface area contributed by atoms with Gasteiger partial charge in [-0.2, -0.15) is 0 Å². The number of rotatable bonds is 2. The van der Waals surface area contributed by atoms with Crippen LogP contribution in [0.15, 0.2) is 12.4 Å². The molecule has 50 valence electrons. The molecule has 0 saturated carbocycles. The molecule has 0 unspecified atom stereocenters. The summed E-state index contributed by atoms with van der Waals surface area (Å²) >= 11 is 1.76. The van der Waals surface area contributed by atoms with Crippen molar-refractivity contribution in [3.05, 3.63) is 18.2 Å². The van der Waals surface area contributed by atoms with Crippen LogP contribution in [0.5, 0.6) is 0 Å². The number of hydrogen-bond donors (Lipinski definition) is 0. The van der Waals surface area contributed by atoms with Gasteiger partial charge in [0.25, 0.3) is 0 Å². The second-order valence-electron chi connectivity index (χ2n) is 1.72. The molecule has 0 spiro atoms. The van der Waals surface area contributed by atoms with Crippen molar-refractivity contribution in [2.45, 2.75) is 13.8 Å². The van der Waals surface area contributed by atoms with Gasteiger partial charge in [0.15, 0.2) is 0 Å². The van der Waals surface area contributed by atoms with Crippen LogP contribution in [0.1, 0.15) is 12.7 Å². The van der Waals surface area contributed by atoms with Crippen molar-refractivity contribution in [2.75, 3.05) is 5.75 Å². The van der Waals surface area contributed by atoms with Crippen LogP contribution in [-0.4, -0.2) is 14.7 Å². The number of nitrogens with zero attached hydrogens (tertiary/aromatic N) is 2. The third-order valence-corrected chi connectivity index (χ3v) is 1.97. The third-order valence-electron chi connectivity index (χ3n) is 1.05. The Labute approximate surface area is 59.4 Å². The highest BCUT2D eigenvalue weighted by molar-refractivity contribution is 7.97. The van der Waals surface area contributed by atoms with E-state index in [2.05, 4.69) is 15.9 Å². The molecule has 1 aromatic heterocycles. The van der Waals surface area contributed by atoms with Crippen LogP contribution in [0.25, 0.3) is 0 Å². The lowest BCUT2D eigenvalue weighted by atomic mass is 10.8. The first-order valence-electron chi connectivity index (χ1n) is 2.98. The van der Waals surface area contributed by atoms with E-state index < -0.39 is 0 Å². The van der Waals surface area contributed by atoms with Crippen molar-refractivity contribution in [3.8, 4) is 0 Å². The summed E-state index contributed by atoms with van der Waals surface area (Å²) in [5.74, 6) is 2.17. The van der Waals surface area contributed by atoms with Gasteiger partial charge in [-0.15, -0.1) is 0 Å². The lowest BCUT2D eigenvalue weighted by Crippen LogP contribution is -1.87. The largest absolute Gasteiger partial charge is 0.278 e. The van der Waals surface area contributed by atoms with E-state index in [9.17, 15) is 0 Å².